The predicted octanol–water partition coefficient (Wildman–Crippen LogP) is 1.35. The molecule has 0 fully saturated rings. The summed E-state index contributed by atoms with van der Waals surface area (Å²) in [5, 5.41) is 9.07. The van der Waals surface area contributed by atoms with Gasteiger partial charge in [-0.25, -0.2) is 0 Å². The largest absolute Gasteiger partial charge is 0.184 e. The molecule has 4 heteroatoms. The van der Waals surface area contributed by atoms with Gasteiger partial charge < -0.3 is 0 Å². The first-order valence-electron chi connectivity index (χ1n) is 0.582. The van der Waals surface area contributed by atoms with E-state index in [1.54, 1.807) is 5.40 Å². The van der Waals surface area contributed by atoms with Gasteiger partial charge in [0.15, 0.2) is 0 Å². The number of hydrogen-bond donors (Lipinski definition) is 0. The average Bonchev–Trinajstić information content (AvgIpc) is 1.37. The van der Waals surface area contributed by atoms with Crippen LogP contribution in [-0.2, 0) is 19.5 Å². The molecule has 0 aromatic heterocycles. The van der Waals surface area contributed by atoms with Gasteiger partial charge in [0.2, 0.25) is 0 Å². The summed E-state index contributed by atoms with van der Waals surface area (Å²) in [6, 6.07) is 0. The van der Waals surface area contributed by atoms with E-state index >= 15 is 0 Å². The van der Waals surface area contributed by atoms with Crippen LogP contribution in [0.4, 0.5) is 0 Å². The molecule has 0 aliphatic carbocycles. The minimum atomic E-state index is 0. The number of halogens is 1. The summed E-state index contributed by atoms with van der Waals surface area (Å²) >= 11 is 0. The fourth-order valence-corrected chi connectivity index (χ4v) is 0. The zero-order chi connectivity index (χ0) is 3.41. The summed E-state index contributed by atoms with van der Waals surface area (Å²) in [7, 11) is 5.38. The van der Waals surface area contributed by atoms with E-state index in [4.69, 9.17) is 15.9 Å². The van der Waals surface area contributed by atoms with Crippen LogP contribution >= 0.6 is 21.7 Å². The van der Waals surface area contributed by atoms with Gasteiger partial charge in [-0.1, -0.05) is 0 Å². The molecule has 0 unspecified atom stereocenters. The van der Waals surface area contributed by atoms with Gasteiger partial charge in [-0.05, 0) is 10.7 Å². The number of thiocyanates is 1. The molecule has 0 saturated heterocycles. The molecule has 1 nitrogen and oxygen atoms in total. The van der Waals surface area contributed by atoms with E-state index in [0.717, 1.165) is 0 Å². The van der Waals surface area contributed by atoms with E-state index in [1.807, 2.05) is 0 Å². The third kappa shape index (κ3) is 11.7. The van der Waals surface area contributed by atoms with E-state index in [9.17, 15) is 0 Å². The van der Waals surface area contributed by atoms with Gasteiger partial charge in [0, 0.05) is 19.5 Å². The van der Waals surface area contributed by atoms with Crippen molar-refractivity contribution in [1.82, 2.24) is 0 Å². The molecule has 0 amide bonds. The van der Waals surface area contributed by atoms with Crippen LogP contribution in [0.2, 0.25) is 0 Å². The third-order valence-electron chi connectivity index (χ3n) is 0.0345. The van der Waals surface area contributed by atoms with Gasteiger partial charge in [0.1, 0.15) is 5.40 Å². The maximum absolute atomic E-state index is 7.46. The maximum Gasteiger partial charge on any atom is 0.150 e. The first-order valence-corrected chi connectivity index (χ1v) is 2.22. The molecule has 0 aromatic carbocycles. The second-order valence-electron chi connectivity index (χ2n) is 0.168. The number of nitriles is 1. The molecule has 0 spiro atoms. The average molecular weight is 196 g/mol. The van der Waals surface area contributed by atoms with Gasteiger partial charge in [-0.15, -0.1) is 0 Å². The van der Waals surface area contributed by atoms with Crippen LogP contribution in [0.5, 0.6) is 0 Å². The quantitative estimate of drug-likeness (QED) is 0.431. The molecule has 0 aromatic rings. The van der Waals surface area contributed by atoms with Gasteiger partial charge >= 0.3 is 0 Å². The normalized spacial score (nSPS) is 4.00. The van der Waals surface area contributed by atoms with E-state index in [2.05, 4.69) is 0 Å². The molecule has 0 aliphatic rings. The zero-order valence-corrected chi connectivity index (χ0v) is 5.28. The van der Waals surface area contributed by atoms with Crippen molar-refractivity contribution >= 4 is 21.7 Å². The van der Waals surface area contributed by atoms with Crippen LogP contribution in [0.15, 0.2) is 0 Å². The second-order valence-corrected chi connectivity index (χ2v) is 0.968. The Hall–Kier alpha value is 0.753. The summed E-state index contributed by atoms with van der Waals surface area (Å²) in [5.74, 6) is 0. The van der Waals surface area contributed by atoms with Crippen molar-refractivity contribution < 1.29 is 19.5 Å². The maximum atomic E-state index is 7.46. The van der Waals surface area contributed by atoms with Crippen LogP contribution in [0.3, 0.4) is 0 Å². The van der Waals surface area contributed by atoms with Crippen LogP contribution in [0.1, 0.15) is 0 Å². The standard InChI is InChI=1S/CClNS.Rh/c2-4-1-3;. The van der Waals surface area contributed by atoms with Crippen molar-refractivity contribution in [3.8, 4) is 5.40 Å². The van der Waals surface area contributed by atoms with Crippen molar-refractivity contribution in [2.75, 3.05) is 0 Å². The summed E-state index contributed by atoms with van der Waals surface area (Å²) in [4.78, 5) is 0. The number of hydrogen-bond acceptors (Lipinski definition) is 2. The first-order chi connectivity index (χ1) is 1.91. The van der Waals surface area contributed by atoms with Gasteiger partial charge in [-0.3, -0.25) is 0 Å². The molecule has 0 N–H and O–H groups in total. The van der Waals surface area contributed by atoms with Gasteiger partial charge in [0.25, 0.3) is 0 Å². The summed E-state index contributed by atoms with van der Waals surface area (Å²) < 4.78 is 0. The molecular weight excluding hydrogens is 196 g/mol. The summed E-state index contributed by atoms with van der Waals surface area (Å²) in [5.41, 5.74) is 0. The van der Waals surface area contributed by atoms with Gasteiger partial charge in [0.05, 0.1) is 11.0 Å². The Morgan fingerprint density at radius 1 is 1.80 bits per heavy atom. The van der Waals surface area contributed by atoms with Crippen LogP contribution in [0, 0.1) is 10.7 Å². The Kier molecular flexibility index (Phi) is 16.3. The number of rotatable bonds is 0. The van der Waals surface area contributed by atoms with Crippen molar-refractivity contribution in [2.45, 2.75) is 0 Å². The fraction of sp³-hybridized carbons (Fsp3) is 0. The molecule has 0 rings (SSSR count). The molecular formula is CClNRhS. The van der Waals surface area contributed by atoms with E-state index in [1.165, 1.54) is 0 Å². The monoisotopic (exact) mass is 196 g/mol. The Labute approximate surface area is 51.9 Å². The molecule has 0 saturated carbocycles. The van der Waals surface area contributed by atoms with E-state index in [-0.39, 0.29) is 19.5 Å². The van der Waals surface area contributed by atoms with Gasteiger partial charge in [-0.2, -0.15) is 5.26 Å². The zero-order valence-electron chi connectivity index (χ0n) is 2.07. The molecule has 0 bridgehead atoms. The Morgan fingerprint density at radius 2 is 2.00 bits per heavy atom. The Balaban J connectivity index is 0. The van der Waals surface area contributed by atoms with E-state index in [0.29, 0.717) is 11.0 Å². The summed E-state index contributed by atoms with van der Waals surface area (Å²) in [6.07, 6.45) is 0. The predicted molar refractivity (Wildman–Crippen MR) is 19.1 cm³/mol. The fourth-order valence-electron chi connectivity index (χ4n) is 0. The third-order valence-corrected chi connectivity index (χ3v) is 0.311. The minimum Gasteiger partial charge on any atom is -0.184 e. The second kappa shape index (κ2) is 8.83. The van der Waals surface area contributed by atoms with E-state index < -0.39 is 0 Å². The molecule has 0 atom stereocenters. The molecule has 5 heavy (non-hydrogen) atoms. The van der Waals surface area contributed by atoms with Crippen LogP contribution < -0.4 is 0 Å². The molecule has 1 radical (unpaired) electrons. The minimum absolute atomic E-state index is 0. The van der Waals surface area contributed by atoms with Crippen molar-refractivity contribution in [1.29, 1.82) is 5.26 Å². The number of nitrogens with zero attached hydrogens (tertiary/aromatic N) is 1. The van der Waals surface area contributed by atoms with Crippen molar-refractivity contribution in [2.24, 2.45) is 0 Å². The smallest absolute Gasteiger partial charge is 0.150 e. The Bertz CT molecular complexity index is 41.4. The van der Waals surface area contributed by atoms with Crippen molar-refractivity contribution in [3.05, 3.63) is 0 Å². The van der Waals surface area contributed by atoms with Crippen LogP contribution in [-0.4, -0.2) is 0 Å². The van der Waals surface area contributed by atoms with Crippen LogP contribution in [0.25, 0.3) is 0 Å². The topological polar surface area (TPSA) is 23.8 Å². The molecule has 0 heterocycles. The molecule has 0 aliphatic heterocycles. The summed E-state index contributed by atoms with van der Waals surface area (Å²) in [6.45, 7) is 0. The Morgan fingerprint density at radius 3 is 2.00 bits per heavy atom. The molecule has 31 valence electrons. The van der Waals surface area contributed by atoms with Crippen molar-refractivity contribution in [3.63, 3.8) is 0 Å². The SMILES string of the molecule is N#CSCl.[Rh]. The first kappa shape index (κ1) is 9.23.